The number of para-hydroxylation sites is 2. The van der Waals surface area contributed by atoms with E-state index in [9.17, 15) is 9.59 Å². The number of hydrogen-bond acceptors (Lipinski definition) is 4. The van der Waals surface area contributed by atoms with Crippen LogP contribution in [0.15, 0.2) is 41.3 Å². The van der Waals surface area contributed by atoms with E-state index in [1.54, 1.807) is 6.07 Å². The Balaban J connectivity index is 1.18. The molecular weight excluding hydrogens is 449 g/mol. The first-order valence-corrected chi connectivity index (χ1v) is 11.8. The Morgan fingerprint density at radius 2 is 1.69 bits per heavy atom. The molecule has 1 N–H and O–H groups in total. The smallest absolute Gasteiger partial charge is 0.326 e. The molecule has 168 valence electrons. The van der Waals surface area contributed by atoms with Gasteiger partial charge in [-0.15, -0.1) is 0 Å². The lowest BCUT2D eigenvalue weighted by Crippen LogP contribution is -2.49. The molecule has 0 bridgehead atoms. The summed E-state index contributed by atoms with van der Waals surface area (Å²) in [5, 5.41) is 0.504. The van der Waals surface area contributed by atoms with E-state index in [-0.39, 0.29) is 22.8 Å². The van der Waals surface area contributed by atoms with E-state index in [1.165, 1.54) is 6.20 Å². The Kier molecular flexibility index (Phi) is 5.97. The number of halogens is 2. The summed E-state index contributed by atoms with van der Waals surface area (Å²) in [5.74, 6) is -0.0491. The molecule has 3 aromatic rings. The molecule has 2 fully saturated rings. The number of piperidine rings is 2. The molecule has 0 unspecified atom stereocenters. The third-order valence-electron chi connectivity index (χ3n) is 6.80. The second-order valence-corrected chi connectivity index (χ2v) is 9.37. The van der Waals surface area contributed by atoms with Crippen LogP contribution in [0.25, 0.3) is 11.0 Å². The first-order chi connectivity index (χ1) is 15.5. The maximum atomic E-state index is 12.8. The molecule has 32 heavy (non-hydrogen) atoms. The zero-order valence-corrected chi connectivity index (χ0v) is 19.1. The topological polar surface area (TPSA) is 74.2 Å². The average molecular weight is 474 g/mol. The quantitative estimate of drug-likeness (QED) is 0.583. The Morgan fingerprint density at radius 3 is 2.41 bits per heavy atom. The predicted octanol–water partition coefficient (Wildman–Crippen LogP) is 3.97. The van der Waals surface area contributed by atoms with Crippen molar-refractivity contribution in [2.45, 2.75) is 37.8 Å². The monoisotopic (exact) mass is 473 g/mol. The molecule has 2 aromatic heterocycles. The molecule has 0 aliphatic carbocycles. The van der Waals surface area contributed by atoms with Crippen LogP contribution in [0.4, 0.5) is 0 Å². The van der Waals surface area contributed by atoms with Crippen LogP contribution in [-0.2, 0) is 0 Å². The van der Waals surface area contributed by atoms with Crippen molar-refractivity contribution in [2.75, 3.05) is 26.2 Å². The SMILES string of the molecule is O=C(c1cnc(Cl)c(Cl)c1)N1CCC(N2CCC(n3c(=O)[nH]c4ccccc43)CC2)CC1. The minimum Gasteiger partial charge on any atom is -0.338 e. The minimum absolute atomic E-state index is 0.0201. The van der Waals surface area contributed by atoms with Gasteiger partial charge in [0.15, 0.2) is 0 Å². The summed E-state index contributed by atoms with van der Waals surface area (Å²) >= 11 is 11.9. The number of nitrogens with one attached hydrogen (secondary N) is 1. The standard InChI is InChI=1S/C23H25Cl2N5O2/c24-18-13-15(14-26-21(18)25)22(31)29-11-5-16(6-12-29)28-9-7-17(8-10-28)30-20-4-2-1-3-19(20)27-23(30)32/h1-4,13-14,16-17H,5-12H2,(H,27,32). The number of carbonyl (C=O) groups is 1. The van der Waals surface area contributed by atoms with Crippen molar-refractivity contribution in [3.8, 4) is 0 Å². The van der Waals surface area contributed by atoms with Gasteiger partial charge in [-0.2, -0.15) is 0 Å². The van der Waals surface area contributed by atoms with Gasteiger partial charge in [0.1, 0.15) is 5.15 Å². The molecule has 5 rings (SSSR count). The highest BCUT2D eigenvalue weighted by atomic mass is 35.5. The van der Waals surface area contributed by atoms with E-state index in [0.29, 0.717) is 29.7 Å². The van der Waals surface area contributed by atoms with Crippen molar-refractivity contribution in [1.29, 1.82) is 0 Å². The number of imidazole rings is 1. The van der Waals surface area contributed by atoms with E-state index < -0.39 is 0 Å². The summed E-state index contributed by atoms with van der Waals surface area (Å²) in [7, 11) is 0. The summed E-state index contributed by atoms with van der Waals surface area (Å²) < 4.78 is 1.93. The molecule has 1 aromatic carbocycles. The second-order valence-electron chi connectivity index (χ2n) is 8.60. The normalized spacial score (nSPS) is 19.0. The fourth-order valence-electron chi connectivity index (χ4n) is 5.10. The molecule has 0 radical (unpaired) electrons. The van der Waals surface area contributed by atoms with Gasteiger partial charge in [0.05, 0.1) is 21.6 Å². The molecule has 2 saturated heterocycles. The third kappa shape index (κ3) is 4.05. The predicted molar refractivity (Wildman–Crippen MR) is 126 cm³/mol. The lowest BCUT2D eigenvalue weighted by Gasteiger charge is -2.42. The van der Waals surface area contributed by atoms with Gasteiger partial charge >= 0.3 is 5.69 Å². The lowest BCUT2D eigenvalue weighted by molar-refractivity contribution is 0.0557. The number of pyridine rings is 1. The molecule has 0 atom stereocenters. The van der Waals surface area contributed by atoms with Crippen LogP contribution in [0, 0.1) is 0 Å². The third-order valence-corrected chi connectivity index (χ3v) is 7.49. The number of benzene rings is 1. The molecule has 0 saturated carbocycles. The van der Waals surface area contributed by atoms with Gasteiger partial charge in [-0.05, 0) is 43.9 Å². The summed E-state index contributed by atoms with van der Waals surface area (Å²) in [6, 6.07) is 10.2. The highest BCUT2D eigenvalue weighted by Crippen LogP contribution is 2.29. The van der Waals surface area contributed by atoms with E-state index >= 15 is 0 Å². The Bertz CT molecular complexity index is 1190. The number of nitrogens with zero attached hydrogens (tertiary/aromatic N) is 4. The van der Waals surface area contributed by atoms with Crippen molar-refractivity contribution in [3.05, 3.63) is 62.8 Å². The van der Waals surface area contributed by atoms with Crippen LogP contribution in [0.2, 0.25) is 10.2 Å². The molecule has 2 aliphatic heterocycles. The van der Waals surface area contributed by atoms with Crippen LogP contribution in [-0.4, -0.2) is 62.5 Å². The molecule has 9 heteroatoms. The van der Waals surface area contributed by atoms with Gasteiger partial charge in [-0.3, -0.25) is 9.36 Å². The number of hydrogen-bond donors (Lipinski definition) is 1. The van der Waals surface area contributed by atoms with Gasteiger partial charge in [-0.25, -0.2) is 9.78 Å². The largest absolute Gasteiger partial charge is 0.338 e. The van der Waals surface area contributed by atoms with Crippen LogP contribution < -0.4 is 5.69 Å². The lowest BCUT2D eigenvalue weighted by atomic mass is 9.97. The van der Waals surface area contributed by atoms with Crippen molar-refractivity contribution < 1.29 is 4.79 Å². The first kappa shape index (κ1) is 21.5. The number of H-pyrrole nitrogens is 1. The molecule has 0 spiro atoms. The van der Waals surface area contributed by atoms with E-state index in [0.717, 1.165) is 49.8 Å². The first-order valence-electron chi connectivity index (χ1n) is 11.0. The molecule has 2 aliphatic rings. The average Bonchev–Trinajstić information content (AvgIpc) is 3.16. The summed E-state index contributed by atoms with van der Waals surface area (Å²) in [4.78, 5) is 36.7. The maximum absolute atomic E-state index is 12.8. The Labute approximate surface area is 195 Å². The van der Waals surface area contributed by atoms with Crippen LogP contribution in [0.3, 0.4) is 0 Å². The molecular formula is C23H25Cl2N5O2. The van der Waals surface area contributed by atoms with Crippen molar-refractivity contribution >= 4 is 40.1 Å². The molecule has 1 amide bonds. The fourth-order valence-corrected chi connectivity index (χ4v) is 5.37. The van der Waals surface area contributed by atoms with E-state index in [1.807, 2.05) is 33.7 Å². The minimum atomic E-state index is -0.0491. The van der Waals surface area contributed by atoms with Gasteiger partial charge in [-0.1, -0.05) is 35.3 Å². The summed E-state index contributed by atoms with van der Waals surface area (Å²) in [5.41, 5.74) is 2.34. The highest BCUT2D eigenvalue weighted by Gasteiger charge is 2.31. The van der Waals surface area contributed by atoms with E-state index in [2.05, 4.69) is 14.9 Å². The second kappa shape index (κ2) is 8.89. The number of amides is 1. The van der Waals surface area contributed by atoms with Crippen LogP contribution in [0.1, 0.15) is 42.1 Å². The van der Waals surface area contributed by atoms with Crippen LogP contribution >= 0.6 is 23.2 Å². The number of aromatic amines is 1. The zero-order chi connectivity index (χ0) is 22.2. The Morgan fingerprint density at radius 1 is 1.00 bits per heavy atom. The fraction of sp³-hybridized carbons (Fsp3) is 0.435. The number of likely N-dealkylation sites (tertiary alicyclic amines) is 2. The van der Waals surface area contributed by atoms with Crippen molar-refractivity contribution in [3.63, 3.8) is 0 Å². The Hall–Kier alpha value is -2.35. The molecule has 4 heterocycles. The van der Waals surface area contributed by atoms with Crippen molar-refractivity contribution in [1.82, 2.24) is 24.3 Å². The van der Waals surface area contributed by atoms with Gasteiger partial charge in [0.2, 0.25) is 0 Å². The van der Waals surface area contributed by atoms with Gasteiger partial charge in [0, 0.05) is 44.5 Å². The maximum Gasteiger partial charge on any atom is 0.326 e. The number of fused-ring (bicyclic) bond motifs is 1. The number of aromatic nitrogens is 3. The molecule has 7 nitrogen and oxygen atoms in total. The highest BCUT2D eigenvalue weighted by molar-refractivity contribution is 6.41. The van der Waals surface area contributed by atoms with E-state index in [4.69, 9.17) is 23.2 Å². The van der Waals surface area contributed by atoms with Crippen LogP contribution in [0.5, 0.6) is 0 Å². The number of carbonyl (C=O) groups excluding carboxylic acids is 1. The van der Waals surface area contributed by atoms with Crippen molar-refractivity contribution in [2.24, 2.45) is 0 Å². The number of rotatable bonds is 3. The summed E-state index contributed by atoms with van der Waals surface area (Å²) in [6.45, 7) is 3.36. The van der Waals surface area contributed by atoms with Gasteiger partial charge < -0.3 is 14.8 Å². The van der Waals surface area contributed by atoms with Gasteiger partial charge in [0.25, 0.3) is 5.91 Å². The summed E-state index contributed by atoms with van der Waals surface area (Å²) in [6.07, 6.45) is 5.28. The zero-order valence-electron chi connectivity index (χ0n) is 17.6.